The fraction of sp³-hybridized carbons (Fsp3) is 0.267. The van der Waals surface area contributed by atoms with E-state index >= 15 is 0 Å². The summed E-state index contributed by atoms with van der Waals surface area (Å²) < 4.78 is 3.14. The lowest BCUT2D eigenvalue weighted by Crippen LogP contribution is -2.20. The number of aromatic nitrogens is 7. The third kappa shape index (κ3) is 10.5. The summed E-state index contributed by atoms with van der Waals surface area (Å²) in [4.78, 5) is 25.8. The molecule has 3 aliphatic heterocycles. The van der Waals surface area contributed by atoms with Gasteiger partial charge in [-0.3, -0.25) is 15.9 Å². The monoisotopic (exact) mass is 792 g/mol. The Morgan fingerprint density at radius 1 is 0.698 bits per heavy atom. The minimum absolute atomic E-state index is 0. The Morgan fingerprint density at radius 2 is 1.32 bits per heavy atom. The van der Waals surface area contributed by atoms with E-state index in [0.29, 0.717) is 63.1 Å². The highest BCUT2D eigenvalue weighted by molar-refractivity contribution is 6.39. The van der Waals surface area contributed by atoms with E-state index in [1.165, 1.54) is 12.8 Å². The van der Waals surface area contributed by atoms with E-state index in [1.807, 2.05) is 0 Å². The van der Waals surface area contributed by atoms with Gasteiger partial charge in [-0.1, -0.05) is 0 Å². The molecule has 5 aromatic rings. The molecule has 0 radical (unpaired) electrons. The van der Waals surface area contributed by atoms with Gasteiger partial charge in [-0.15, -0.1) is 37.2 Å². The first-order valence-electron chi connectivity index (χ1n) is 15.6. The quantitative estimate of drug-likeness (QED) is 0.0936. The normalized spacial score (nSPS) is 14.3. The van der Waals surface area contributed by atoms with Gasteiger partial charge in [-0.2, -0.15) is 10.2 Å². The zero-order valence-electron chi connectivity index (χ0n) is 28.4. The average Bonchev–Trinajstić information content (AvgIpc) is 3.94. The molecule has 5 aromatic heterocycles. The zero-order valence-corrected chi connectivity index (χ0v) is 30.8. The SMILES string of the molecule is Cl.Cl.Cl.N=c1ccn2c(n1)C(=Nc1nc(N3CCCC3)c(N)cc1N)C=N2.Nc1ccn2ncc(N)c2n1.Nc1cnc(N2CCCC2)c(N)c1.OO. The number of rotatable bonds is 3. The second-order valence-electron chi connectivity index (χ2n) is 11.3. The van der Waals surface area contributed by atoms with Crippen LogP contribution in [0.4, 0.5) is 51.7 Å². The van der Waals surface area contributed by atoms with Crippen LogP contribution >= 0.6 is 37.2 Å². The maximum absolute atomic E-state index is 7.65. The number of halogens is 3. The number of nitrogens with two attached hydrogens (primary N) is 6. The smallest absolute Gasteiger partial charge is 0.183 e. The summed E-state index contributed by atoms with van der Waals surface area (Å²) in [5.74, 6) is 2.92. The van der Waals surface area contributed by atoms with Gasteiger partial charge in [0, 0.05) is 44.6 Å². The van der Waals surface area contributed by atoms with Crippen molar-refractivity contribution in [1.82, 2.24) is 34.2 Å². The topological polar surface area (TPSA) is 325 Å². The number of nitrogens with zero attached hydrogens (tertiary/aromatic N) is 11. The van der Waals surface area contributed by atoms with Crippen molar-refractivity contribution in [2.24, 2.45) is 10.1 Å². The maximum atomic E-state index is 7.65. The number of nitrogens with one attached hydrogen (secondary N) is 1. The van der Waals surface area contributed by atoms with Crippen LogP contribution in [0.3, 0.4) is 0 Å². The van der Waals surface area contributed by atoms with Gasteiger partial charge in [0.05, 0.1) is 47.0 Å². The minimum Gasteiger partial charge on any atom is -0.397 e. The van der Waals surface area contributed by atoms with Crippen molar-refractivity contribution in [1.29, 1.82) is 5.41 Å². The summed E-state index contributed by atoms with van der Waals surface area (Å²) in [6.45, 7) is 3.98. The Morgan fingerprint density at radius 3 is 1.96 bits per heavy atom. The van der Waals surface area contributed by atoms with E-state index in [1.54, 1.807) is 64.5 Å². The molecule has 53 heavy (non-hydrogen) atoms. The number of hydrogen-bond donors (Lipinski definition) is 9. The number of hydrogen-bond acceptors (Lipinski definition) is 18. The van der Waals surface area contributed by atoms with Gasteiger partial charge in [-0.25, -0.2) is 34.1 Å². The van der Waals surface area contributed by atoms with Crippen molar-refractivity contribution >= 4 is 107 Å². The summed E-state index contributed by atoms with van der Waals surface area (Å²) in [5, 5.41) is 27.8. The molecule has 23 heteroatoms. The van der Waals surface area contributed by atoms with Crippen molar-refractivity contribution < 1.29 is 10.5 Å². The predicted molar refractivity (Wildman–Crippen MR) is 216 cm³/mol. The summed E-state index contributed by atoms with van der Waals surface area (Å²) in [5.41, 5.74) is 38.6. The standard InChI is InChI=1S/C15H17N9.C9H14N4.C6H7N5.3ClH.H2O2/c16-9-7-10(17)14(23-4-1-2-5-23)22-13(9)20-11-8-19-24-6-3-12(18)21-15(11)24;10-7-5-8(11)9(12-6-7)13-3-1-2-4-13;7-4-3-9-11-2-1-5(8)10-6(4)11;;;;1-2/h3,6-8,18H,1-2,4-5,16-17H2;5-6H,1-4,10-11H2;1-3H,7H2,(H2,8,10);3*1H;1-2H. The Balaban J connectivity index is 0.000000286. The summed E-state index contributed by atoms with van der Waals surface area (Å²) in [6.07, 6.45) is 12.9. The molecule has 0 atom stereocenters. The number of nitrogen functional groups attached to an aromatic ring is 6. The summed E-state index contributed by atoms with van der Waals surface area (Å²) >= 11 is 0. The first kappa shape index (κ1) is 43.5. The third-order valence-electron chi connectivity index (χ3n) is 7.76. The van der Waals surface area contributed by atoms with Gasteiger partial charge in [0.15, 0.2) is 28.9 Å². The van der Waals surface area contributed by atoms with E-state index in [4.69, 9.17) is 50.3 Å². The van der Waals surface area contributed by atoms with Gasteiger partial charge in [0.25, 0.3) is 0 Å². The highest BCUT2D eigenvalue weighted by Crippen LogP contribution is 2.32. The van der Waals surface area contributed by atoms with Crippen LogP contribution < -0.4 is 49.7 Å². The zero-order chi connectivity index (χ0) is 35.8. The molecule has 8 rings (SSSR count). The Labute approximate surface area is 322 Å². The maximum Gasteiger partial charge on any atom is 0.183 e. The van der Waals surface area contributed by atoms with Crippen LogP contribution in [0, 0.1) is 5.41 Å². The largest absolute Gasteiger partial charge is 0.397 e. The number of fused-ring (bicyclic) bond motifs is 2. The molecule has 0 aliphatic carbocycles. The molecule has 20 nitrogen and oxygen atoms in total. The highest BCUT2D eigenvalue weighted by Gasteiger charge is 2.20. The van der Waals surface area contributed by atoms with Crippen LogP contribution in [0.2, 0.25) is 0 Å². The third-order valence-corrected chi connectivity index (χ3v) is 7.76. The van der Waals surface area contributed by atoms with Crippen LogP contribution in [0.1, 0.15) is 31.5 Å². The van der Waals surface area contributed by atoms with Gasteiger partial charge >= 0.3 is 0 Å². The van der Waals surface area contributed by atoms with Crippen molar-refractivity contribution in [3.05, 3.63) is 60.4 Å². The molecular formula is C30H43Cl3N18O2. The van der Waals surface area contributed by atoms with Gasteiger partial charge in [0.2, 0.25) is 0 Å². The molecule has 0 spiro atoms. The molecule has 0 amide bonds. The van der Waals surface area contributed by atoms with Gasteiger partial charge < -0.3 is 44.2 Å². The van der Waals surface area contributed by atoms with Crippen LogP contribution in [-0.2, 0) is 0 Å². The van der Waals surface area contributed by atoms with Gasteiger partial charge in [0.1, 0.15) is 17.0 Å². The lowest BCUT2D eigenvalue weighted by Gasteiger charge is -2.19. The molecule has 0 bridgehead atoms. The molecule has 286 valence electrons. The van der Waals surface area contributed by atoms with Gasteiger partial charge in [-0.05, 0) is 43.9 Å². The van der Waals surface area contributed by atoms with E-state index in [2.05, 4.69) is 44.9 Å². The van der Waals surface area contributed by atoms with E-state index in [-0.39, 0.29) is 42.7 Å². The van der Waals surface area contributed by atoms with Crippen LogP contribution in [0.25, 0.3) is 5.65 Å². The number of anilines is 8. The minimum atomic E-state index is 0. The van der Waals surface area contributed by atoms with E-state index in [9.17, 15) is 0 Å². The molecule has 8 heterocycles. The van der Waals surface area contributed by atoms with Crippen molar-refractivity contribution in [3.63, 3.8) is 0 Å². The fourth-order valence-corrected chi connectivity index (χ4v) is 5.43. The second-order valence-corrected chi connectivity index (χ2v) is 11.3. The van der Waals surface area contributed by atoms with Crippen LogP contribution in [-0.4, -0.2) is 82.8 Å². The number of pyridine rings is 2. The Kier molecular flexibility index (Phi) is 16.3. The number of aliphatic imine (C=N–C) groups is 1. The van der Waals surface area contributed by atoms with Crippen molar-refractivity contribution in [2.45, 2.75) is 25.7 Å². The Hall–Kier alpha value is -5.67. The first-order chi connectivity index (χ1) is 24.2. The van der Waals surface area contributed by atoms with Crippen LogP contribution in [0.15, 0.2) is 59.1 Å². The molecule has 0 aromatic carbocycles. The summed E-state index contributed by atoms with van der Waals surface area (Å²) in [7, 11) is 0. The summed E-state index contributed by atoms with van der Waals surface area (Å²) in [6, 6.07) is 6.68. The molecule has 2 fully saturated rings. The molecule has 15 N–H and O–H groups in total. The average molecular weight is 794 g/mol. The molecular weight excluding hydrogens is 751 g/mol. The fourth-order valence-electron chi connectivity index (χ4n) is 5.43. The lowest BCUT2D eigenvalue weighted by molar-refractivity contribution is -0.176. The molecule has 3 aliphatic rings. The first-order valence-corrected chi connectivity index (χ1v) is 15.6. The molecule has 2 saturated heterocycles. The van der Waals surface area contributed by atoms with E-state index < -0.39 is 0 Å². The van der Waals surface area contributed by atoms with Crippen molar-refractivity contribution in [3.8, 4) is 0 Å². The molecule has 0 unspecified atom stereocenters. The van der Waals surface area contributed by atoms with E-state index in [0.717, 1.165) is 44.8 Å². The predicted octanol–water partition coefficient (Wildman–Crippen LogP) is 2.51. The second kappa shape index (κ2) is 19.8. The van der Waals surface area contributed by atoms with Crippen LogP contribution in [0.5, 0.6) is 0 Å². The Bertz CT molecular complexity index is 2080. The molecule has 0 saturated carbocycles. The van der Waals surface area contributed by atoms with Crippen molar-refractivity contribution in [2.75, 3.05) is 70.4 Å². The lowest BCUT2D eigenvalue weighted by atomic mass is 10.3. The highest BCUT2D eigenvalue weighted by atomic mass is 35.5.